The molecule has 0 radical (unpaired) electrons. The Morgan fingerprint density at radius 3 is 2.83 bits per heavy atom. The number of anilines is 1. The van der Waals surface area contributed by atoms with Gasteiger partial charge in [0.05, 0.1) is 6.33 Å². The number of rotatable bonds is 2. The van der Waals surface area contributed by atoms with Crippen molar-refractivity contribution in [2.75, 3.05) is 5.73 Å². The molecule has 1 aromatic carbocycles. The molecular formula is C12H11N5O. The van der Waals surface area contributed by atoms with E-state index in [9.17, 15) is 0 Å². The fourth-order valence-corrected chi connectivity index (χ4v) is 1.66. The number of nitrogen functional groups attached to an aromatic ring is 1. The van der Waals surface area contributed by atoms with Crippen LogP contribution in [0.1, 0.15) is 0 Å². The minimum Gasteiger partial charge on any atom is -0.398 e. The van der Waals surface area contributed by atoms with Crippen LogP contribution in [0.3, 0.4) is 0 Å². The molecule has 0 aliphatic heterocycles. The Bertz CT molecular complexity index is 685. The second-order valence-corrected chi connectivity index (χ2v) is 3.93. The third-order valence-electron chi connectivity index (χ3n) is 2.55. The third-order valence-corrected chi connectivity index (χ3v) is 2.55. The third kappa shape index (κ3) is 1.73. The zero-order valence-corrected chi connectivity index (χ0v) is 9.74. The SMILES string of the molecule is Cn1cnc(-c2nc(-c3ccccc3N)no2)c1. The van der Waals surface area contributed by atoms with E-state index in [-0.39, 0.29) is 0 Å². The number of hydrogen-bond acceptors (Lipinski definition) is 5. The first-order valence-corrected chi connectivity index (χ1v) is 5.41. The van der Waals surface area contributed by atoms with Crippen LogP contribution < -0.4 is 5.73 Å². The summed E-state index contributed by atoms with van der Waals surface area (Å²) in [6.07, 6.45) is 3.49. The maximum absolute atomic E-state index is 5.86. The molecule has 0 aliphatic rings. The number of aryl methyl sites for hydroxylation is 1. The van der Waals surface area contributed by atoms with Gasteiger partial charge in [-0.2, -0.15) is 4.98 Å². The van der Waals surface area contributed by atoms with Crippen molar-refractivity contribution in [2.45, 2.75) is 0 Å². The van der Waals surface area contributed by atoms with Gasteiger partial charge < -0.3 is 14.8 Å². The van der Waals surface area contributed by atoms with Crippen LogP contribution in [0.15, 0.2) is 41.3 Å². The first kappa shape index (κ1) is 10.5. The Kier molecular flexibility index (Phi) is 2.33. The standard InChI is InChI=1S/C12H11N5O/c1-17-6-10(14-7-17)12-15-11(16-18-12)8-4-2-3-5-9(8)13/h2-7H,13H2,1H3. The molecule has 3 rings (SSSR count). The number of para-hydroxylation sites is 1. The van der Waals surface area contributed by atoms with Crippen molar-refractivity contribution in [1.29, 1.82) is 0 Å². The van der Waals surface area contributed by atoms with Gasteiger partial charge in [-0.1, -0.05) is 17.3 Å². The van der Waals surface area contributed by atoms with Gasteiger partial charge in [0, 0.05) is 24.5 Å². The first-order valence-electron chi connectivity index (χ1n) is 5.41. The molecule has 0 saturated heterocycles. The number of benzene rings is 1. The highest BCUT2D eigenvalue weighted by Gasteiger charge is 2.13. The van der Waals surface area contributed by atoms with Gasteiger partial charge in [-0.25, -0.2) is 4.98 Å². The molecule has 0 spiro atoms. The van der Waals surface area contributed by atoms with Crippen molar-refractivity contribution in [1.82, 2.24) is 19.7 Å². The first-order chi connectivity index (χ1) is 8.74. The van der Waals surface area contributed by atoms with Gasteiger partial charge in [0.1, 0.15) is 5.69 Å². The van der Waals surface area contributed by atoms with Crippen molar-refractivity contribution in [2.24, 2.45) is 7.05 Å². The summed E-state index contributed by atoms with van der Waals surface area (Å²) in [5, 5.41) is 3.92. The lowest BCUT2D eigenvalue weighted by Crippen LogP contribution is -1.90. The highest BCUT2D eigenvalue weighted by molar-refractivity contribution is 5.71. The molecule has 0 atom stereocenters. The molecule has 2 heterocycles. The Morgan fingerprint density at radius 1 is 1.28 bits per heavy atom. The fourth-order valence-electron chi connectivity index (χ4n) is 1.66. The van der Waals surface area contributed by atoms with Gasteiger partial charge in [-0.15, -0.1) is 0 Å². The van der Waals surface area contributed by atoms with E-state index in [2.05, 4.69) is 15.1 Å². The second kappa shape index (κ2) is 3.99. The quantitative estimate of drug-likeness (QED) is 0.691. The van der Waals surface area contributed by atoms with Crippen LogP contribution in [0.25, 0.3) is 23.0 Å². The van der Waals surface area contributed by atoms with E-state index in [0.29, 0.717) is 23.1 Å². The lowest BCUT2D eigenvalue weighted by atomic mass is 10.2. The van der Waals surface area contributed by atoms with Gasteiger partial charge in [-0.3, -0.25) is 0 Å². The summed E-state index contributed by atoms with van der Waals surface area (Å²) in [6.45, 7) is 0. The summed E-state index contributed by atoms with van der Waals surface area (Å²) in [6, 6.07) is 7.38. The molecular weight excluding hydrogens is 230 g/mol. The molecule has 3 aromatic rings. The van der Waals surface area contributed by atoms with Gasteiger partial charge >= 0.3 is 0 Å². The molecule has 2 N–H and O–H groups in total. The highest BCUT2D eigenvalue weighted by Crippen LogP contribution is 2.24. The van der Waals surface area contributed by atoms with E-state index in [4.69, 9.17) is 10.3 Å². The van der Waals surface area contributed by atoms with Crippen LogP contribution in [-0.4, -0.2) is 19.7 Å². The zero-order valence-electron chi connectivity index (χ0n) is 9.74. The monoisotopic (exact) mass is 241 g/mol. The van der Waals surface area contributed by atoms with Crippen molar-refractivity contribution in [3.63, 3.8) is 0 Å². The summed E-state index contributed by atoms with van der Waals surface area (Å²) in [7, 11) is 1.88. The maximum Gasteiger partial charge on any atom is 0.278 e. The maximum atomic E-state index is 5.86. The van der Waals surface area contributed by atoms with Crippen LogP contribution in [0.4, 0.5) is 5.69 Å². The predicted octanol–water partition coefficient (Wildman–Crippen LogP) is 1.72. The average molecular weight is 241 g/mol. The summed E-state index contributed by atoms with van der Waals surface area (Å²) < 4.78 is 7.00. The van der Waals surface area contributed by atoms with E-state index >= 15 is 0 Å². The van der Waals surface area contributed by atoms with Crippen LogP contribution in [-0.2, 0) is 7.05 Å². The summed E-state index contributed by atoms with van der Waals surface area (Å²) >= 11 is 0. The van der Waals surface area contributed by atoms with Crippen molar-refractivity contribution >= 4 is 5.69 Å². The molecule has 0 amide bonds. The summed E-state index contributed by atoms with van der Waals surface area (Å²) in [5.74, 6) is 0.850. The number of nitrogens with two attached hydrogens (primary N) is 1. The Morgan fingerprint density at radius 2 is 2.11 bits per heavy atom. The fraction of sp³-hybridized carbons (Fsp3) is 0.0833. The number of hydrogen-bond donors (Lipinski definition) is 1. The molecule has 18 heavy (non-hydrogen) atoms. The molecule has 6 heteroatoms. The topological polar surface area (TPSA) is 82.8 Å². The van der Waals surface area contributed by atoms with Crippen molar-refractivity contribution in [3.8, 4) is 23.0 Å². The van der Waals surface area contributed by atoms with Crippen molar-refractivity contribution < 1.29 is 4.52 Å². The molecule has 0 fully saturated rings. The van der Waals surface area contributed by atoms with E-state index in [1.807, 2.05) is 36.0 Å². The van der Waals surface area contributed by atoms with Crippen LogP contribution in [0.5, 0.6) is 0 Å². The van der Waals surface area contributed by atoms with Gasteiger partial charge in [0.2, 0.25) is 5.82 Å². The zero-order chi connectivity index (χ0) is 12.5. The summed E-state index contributed by atoms with van der Waals surface area (Å²) in [5.41, 5.74) is 7.88. The molecule has 90 valence electrons. The molecule has 0 bridgehead atoms. The van der Waals surface area contributed by atoms with Crippen LogP contribution in [0.2, 0.25) is 0 Å². The number of aromatic nitrogens is 4. The molecule has 0 unspecified atom stereocenters. The molecule has 2 aromatic heterocycles. The van der Waals surface area contributed by atoms with E-state index in [1.165, 1.54) is 0 Å². The van der Waals surface area contributed by atoms with Gasteiger partial charge in [-0.05, 0) is 12.1 Å². The largest absolute Gasteiger partial charge is 0.398 e. The smallest absolute Gasteiger partial charge is 0.278 e. The van der Waals surface area contributed by atoms with E-state index < -0.39 is 0 Å². The lowest BCUT2D eigenvalue weighted by molar-refractivity contribution is 0.431. The second-order valence-electron chi connectivity index (χ2n) is 3.93. The average Bonchev–Trinajstić information content (AvgIpc) is 2.98. The van der Waals surface area contributed by atoms with Crippen LogP contribution in [0, 0.1) is 0 Å². The van der Waals surface area contributed by atoms with Gasteiger partial charge in [0.15, 0.2) is 0 Å². The minimum absolute atomic E-state index is 0.383. The van der Waals surface area contributed by atoms with E-state index in [0.717, 1.165) is 5.56 Å². The molecule has 6 nitrogen and oxygen atoms in total. The Labute approximate surface area is 103 Å². The number of nitrogens with zero attached hydrogens (tertiary/aromatic N) is 4. The molecule has 0 aliphatic carbocycles. The Balaban J connectivity index is 2.02. The van der Waals surface area contributed by atoms with Crippen molar-refractivity contribution in [3.05, 3.63) is 36.8 Å². The normalized spacial score (nSPS) is 10.7. The van der Waals surface area contributed by atoms with Gasteiger partial charge in [0.25, 0.3) is 5.89 Å². The molecule has 0 saturated carbocycles. The number of imidazole rings is 1. The highest BCUT2D eigenvalue weighted by atomic mass is 16.5. The van der Waals surface area contributed by atoms with E-state index in [1.54, 1.807) is 12.4 Å². The lowest BCUT2D eigenvalue weighted by Gasteiger charge is -1.97. The predicted molar refractivity (Wildman–Crippen MR) is 66.3 cm³/mol. The summed E-state index contributed by atoms with van der Waals surface area (Å²) in [4.78, 5) is 8.44. The minimum atomic E-state index is 0.383. The van der Waals surface area contributed by atoms with Crippen LogP contribution >= 0.6 is 0 Å². The Hall–Kier alpha value is -2.63.